The molecule has 0 heterocycles. The van der Waals surface area contributed by atoms with Crippen LogP contribution >= 0.6 is 19.4 Å². The van der Waals surface area contributed by atoms with E-state index in [1.54, 1.807) is 43.1 Å². The Labute approximate surface area is 177 Å². The maximum Gasteiger partial charge on any atom is 0.325 e. The molecule has 1 aromatic carbocycles. The highest BCUT2D eigenvalue weighted by molar-refractivity contribution is 7.99. The third-order valence-corrected chi connectivity index (χ3v) is 5.73. The molecule has 9 heteroatoms. The molecule has 1 amide bonds. The summed E-state index contributed by atoms with van der Waals surface area (Å²) in [6, 6.07) is 6.74. The molecule has 29 heavy (non-hydrogen) atoms. The smallest absolute Gasteiger partial charge is 0.325 e. The van der Waals surface area contributed by atoms with Crippen molar-refractivity contribution in [3.8, 4) is 0 Å². The van der Waals surface area contributed by atoms with Gasteiger partial charge in [-0.1, -0.05) is 25.0 Å². The number of benzene rings is 1. The predicted molar refractivity (Wildman–Crippen MR) is 117 cm³/mol. The van der Waals surface area contributed by atoms with E-state index in [1.165, 1.54) is 6.66 Å². The van der Waals surface area contributed by atoms with Crippen molar-refractivity contribution in [3.05, 3.63) is 35.4 Å². The van der Waals surface area contributed by atoms with Gasteiger partial charge in [-0.05, 0) is 37.1 Å². The summed E-state index contributed by atoms with van der Waals surface area (Å²) in [5, 5.41) is 2.86. The van der Waals surface area contributed by atoms with Gasteiger partial charge in [-0.15, -0.1) is 0 Å². The van der Waals surface area contributed by atoms with Crippen LogP contribution in [0.15, 0.2) is 24.3 Å². The maximum absolute atomic E-state index is 12.2. The van der Waals surface area contributed by atoms with Crippen LogP contribution < -0.4 is 5.32 Å². The van der Waals surface area contributed by atoms with Gasteiger partial charge >= 0.3 is 7.60 Å². The summed E-state index contributed by atoms with van der Waals surface area (Å²) in [7, 11) is -1.72. The quantitative estimate of drug-likeness (QED) is 0.227. The Morgan fingerprint density at radius 2 is 1.69 bits per heavy atom. The van der Waals surface area contributed by atoms with Crippen LogP contribution in [-0.2, 0) is 13.8 Å². The molecule has 0 fully saturated rings. The van der Waals surface area contributed by atoms with Crippen LogP contribution in [0.25, 0.3) is 0 Å². The molecule has 1 unspecified atom stereocenters. The molecule has 0 saturated heterocycles. The van der Waals surface area contributed by atoms with Crippen LogP contribution in [0.2, 0.25) is 0 Å². The number of rotatable bonds is 16. The largest absolute Gasteiger partial charge is 0.385 e. The number of unbranched alkanes of at least 4 members (excludes halogenated alkanes) is 3. The SMILES string of the molecule is COCCCSCC(=O)c1ccc(C(=O)NCCCCCCOP(C)(=O)O)cc1. The van der Waals surface area contributed by atoms with Crippen molar-refractivity contribution in [2.45, 2.75) is 32.1 Å². The highest BCUT2D eigenvalue weighted by atomic mass is 32.2. The molecule has 1 aromatic rings. The fraction of sp³-hybridized carbons (Fsp3) is 0.600. The molecule has 0 spiro atoms. The minimum Gasteiger partial charge on any atom is -0.385 e. The Bertz CT molecular complexity index is 661. The van der Waals surface area contributed by atoms with Crippen LogP contribution in [0, 0.1) is 0 Å². The number of ether oxygens (including phenoxy) is 1. The van der Waals surface area contributed by atoms with Crippen molar-refractivity contribution in [1.29, 1.82) is 0 Å². The lowest BCUT2D eigenvalue weighted by Gasteiger charge is -2.08. The van der Waals surface area contributed by atoms with Crippen molar-refractivity contribution < 1.29 is 28.3 Å². The van der Waals surface area contributed by atoms with Gasteiger partial charge in [-0.25, -0.2) is 0 Å². The van der Waals surface area contributed by atoms with Gasteiger partial charge in [0.25, 0.3) is 5.91 Å². The topological polar surface area (TPSA) is 102 Å². The maximum atomic E-state index is 12.2. The van der Waals surface area contributed by atoms with Crippen molar-refractivity contribution in [2.24, 2.45) is 0 Å². The van der Waals surface area contributed by atoms with Gasteiger partial charge in [0.15, 0.2) is 5.78 Å². The van der Waals surface area contributed by atoms with Gasteiger partial charge in [0.05, 0.1) is 12.4 Å². The molecule has 0 radical (unpaired) electrons. The number of carbonyl (C=O) groups excluding carboxylic acids is 2. The zero-order chi connectivity index (χ0) is 21.5. The summed E-state index contributed by atoms with van der Waals surface area (Å²) in [6.07, 6.45) is 4.23. The van der Waals surface area contributed by atoms with E-state index >= 15 is 0 Å². The summed E-state index contributed by atoms with van der Waals surface area (Å²) in [4.78, 5) is 33.3. The van der Waals surface area contributed by atoms with E-state index in [0.717, 1.165) is 31.4 Å². The van der Waals surface area contributed by atoms with E-state index < -0.39 is 7.60 Å². The molecule has 0 aliphatic heterocycles. The average molecular weight is 446 g/mol. The van der Waals surface area contributed by atoms with Crippen molar-refractivity contribution in [1.82, 2.24) is 5.32 Å². The Hall–Kier alpha value is -1.18. The number of nitrogens with one attached hydrogen (secondary N) is 1. The molecule has 0 aliphatic rings. The Morgan fingerprint density at radius 1 is 1.03 bits per heavy atom. The van der Waals surface area contributed by atoms with Crippen molar-refractivity contribution >= 4 is 31.0 Å². The Morgan fingerprint density at radius 3 is 2.34 bits per heavy atom. The molecule has 0 aliphatic carbocycles. The second-order valence-corrected chi connectivity index (χ2v) is 9.68. The number of amides is 1. The minimum atomic E-state index is -3.38. The second-order valence-electron chi connectivity index (χ2n) is 6.71. The number of Topliss-reactive ketones (excluding diaryl/α,β-unsaturated/α-hetero) is 1. The first-order chi connectivity index (χ1) is 13.8. The summed E-state index contributed by atoms with van der Waals surface area (Å²) < 4.78 is 20.7. The fourth-order valence-electron chi connectivity index (χ4n) is 2.48. The molecule has 0 saturated carbocycles. The minimum absolute atomic E-state index is 0.0592. The predicted octanol–water partition coefficient (Wildman–Crippen LogP) is 3.76. The third-order valence-electron chi connectivity index (χ3n) is 4.03. The lowest BCUT2D eigenvalue weighted by atomic mass is 10.1. The molecule has 0 aromatic heterocycles. The van der Waals surface area contributed by atoms with Gasteiger partial charge in [0.1, 0.15) is 0 Å². The normalized spacial score (nSPS) is 13.1. The fourth-order valence-corrected chi connectivity index (χ4v) is 3.77. The van der Waals surface area contributed by atoms with Crippen molar-refractivity contribution in [3.63, 3.8) is 0 Å². The molecule has 7 nitrogen and oxygen atoms in total. The van der Waals surface area contributed by atoms with Crippen LogP contribution in [0.5, 0.6) is 0 Å². The van der Waals surface area contributed by atoms with E-state index in [9.17, 15) is 14.2 Å². The molecule has 0 bridgehead atoms. The zero-order valence-corrected chi connectivity index (χ0v) is 18.9. The number of hydrogen-bond acceptors (Lipinski definition) is 6. The highest BCUT2D eigenvalue weighted by Crippen LogP contribution is 2.36. The number of methoxy groups -OCH3 is 1. The first-order valence-electron chi connectivity index (χ1n) is 9.76. The summed E-state index contributed by atoms with van der Waals surface area (Å²) in [6.45, 7) is 2.71. The standard InChI is InChI=1S/C20H32NO6PS/c1-26-13-7-15-29-16-19(22)17-8-10-18(11-9-17)20(23)21-12-5-3-4-6-14-27-28(2,24)25/h8-11H,3-7,12-16H2,1-2H3,(H,21,23)(H,24,25). The van der Waals surface area contributed by atoms with E-state index in [1.807, 2.05) is 0 Å². The number of carbonyl (C=O) groups is 2. The third kappa shape index (κ3) is 12.9. The van der Waals surface area contributed by atoms with E-state index in [0.29, 0.717) is 36.5 Å². The van der Waals surface area contributed by atoms with Gasteiger partial charge in [0.2, 0.25) is 0 Å². The first-order valence-corrected chi connectivity index (χ1v) is 12.9. The Balaban J connectivity index is 2.20. The van der Waals surface area contributed by atoms with Crippen LogP contribution in [0.4, 0.5) is 0 Å². The van der Waals surface area contributed by atoms with Crippen LogP contribution in [0.3, 0.4) is 0 Å². The highest BCUT2D eigenvalue weighted by Gasteiger charge is 2.10. The molecule has 1 atom stereocenters. The van der Waals surface area contributed by atoms with Gasteiger partial charge in [-0.3, -0.25) is 14.2 Å². The van der Waals surface area contributed by atoms with Crippen molar-refractivity contribution in [2.75, 3.05) is 45.0 Å². The average Bonchev–Trinajstić information content (AvgIpc) is 2.68. The lowest BCUT2D eigenvalue weighted by molar-refractivity contribution is 0.0950. The Kier molecular flexibility index (Phi) is 13.1. The molecule has 164 valence electrons. The number of ketones is 1. The number of thioether (sulfide) groups is 1. The first kappa shape index (κ1) is 25.9. The van der Waals surface area contributed by atoms with Crippen LogP contribution in [0.1, 0.15) is 52.8 Å². The molecular weight excluding hydrogens is 413 g/mol. The van der Waals surface area contributed by atoms with Crippen LogP contribution in [-0.4, -0.2) is 61.6 Å². The van der Waals surface area contributed by atoms with Gasteiger partial charge in [0, 0.05) is 38.1 Å². The van der Waals surface area contributed by atoms with Gasteiger partial charge < -0.3 is 19.5 Å². The van der Waals surface area contributed by atoms with E-state index in [4.69, 9.17) is 14.2 Å². The summed E-state index contributed by atoms with van der Waals surface area (Å²) >= 11 is 1.59. The second kappa shape index (κ2) is 14.7. The summed E-state index contributed by atoms with van der Waals surface area (Å²) in [5.41, 5.74) is 1.15. The molecular formula is C20H32NO6PS. The number of hydrogen-bond donors (Lipinski definition) is 2. The van der Waals surface area contributed by atoms with E-state index in [2.05, 4.69) is 5.32 Å². The summed E-state index contributed by atoms with van der Waals surface area (Å²) in [5.74, 6) is 1.21. The van der Waals surface area contributed by atoms with Gasteiger partial charge in [-0.2, -0.15) is 11.8 Å². The molecule has 1 rings (SSSR count). The lowest BCUT2D eigenvalue weighted by Crippen LogP contribution is -2.24. The monoisotopic (exact) mass is 445 g/mol. The zero-order valence-electron chi connectivity index (χ0n) is 17.2. The molecule has 2 N–H and O–H groups in total. The van der Waals surface area contributed by atoms with E-state index in [-0.39, 0.29) is 18.3 Å².